The van der Waals surface area contributed by atoms with Gasteiger partial charge in [-0.2, -0.15) is 0 Å². The van der Waals surface area contributed by atoms with E-state index in [-0.39, 0.29) is 5.54 Å². The first-order valence-electron chi connectivity index (χ1n) is 16.4. The molecule has 0 aliphatic rings. The molecule has 206 valence electrons. The van der Waals surface area contributed by atoms with Crippen molar-refractivity contribution in [3.63, 3.8) is 0 Å². The molecule has 0 rings (SSSR count). The summed E-state index contributed by atoms with van der Waals surface area (Å²) in [5, 5.41) is 0. The molecular weight excluding hydrogens is 410 g/mol. The summed E-state index contributed by atoms with van der Waals surface area (Å²) in [6.45, 7) is 6.90. The van der Waals surface area contributed by atoms with Crippen LogP contribution < -0.4 is 5.73 Å². The first kappa shape index (κ1) is 34.0. The molecule has 0 radical (unpaired) electrons. The van der Waals surface area contributed by atoms with Crippen LogP contribution in [-0.2, 0) is 0 Å². The molecule has 0 saturated heterocycles. The van der Waals surface area contributed by atoms with Crippen molar-refractivity contribution in [1.82, 2.24) is 0 Å². The standard InChI is InChI=1S/C33H69N/c1-4-6-8-10-12-14-16-18-20-22-24-26-28-30-32-33(3,34)31-29-27-25-23-21-19-17-15-13-11-9-7-5-2/h4-32,34H2,1-3H3. The minimum atomic E-state index is 0.0783. The Morgan fingerprint density at radius 2 is 0.500 bits per heavy atom. The fourth-order valence-electron chi connectivity index (χ4n) is 5.39. The predicted octanol–water partition coefficient (Wildman–Crippen LogP) is 12.1. The zero-order chi connectivity index (χ0) is 25.0. The quantitative estimate of drug-likeness (QED) is 0.106. The van der Waals surface area contributed by atoms with Crippen LogP contribution in [0.15, 0.2) is 0 Å². The van der Waals surface area contributed by atoms with Gasteiger partial charge < -0.3 is 5.73 Å². The molecule has 0 aromatic rings. The fraction of sp³-hybridized carbons (Fsp3) is 1.00. The molecule has 0 heterocycles. The van der Waals surface area contributed by atoms with Crippen LogP contribution in [0.1, 0.15) is 207 Å². The Morgan fingerprint density at radius 3 is 0.706 bits per heavy atom. The van der Waals surface area contributed by atoms with E-state index in [1.54, 1.807) is 0 Å². The van der Waals surface area contributed by atoms with E-state index < -0.39 is 0 Å². The summed E-state index contributed by atoms with van der Waals surface area (Å²) in [7, 11) is 0. The van der Waals surface area contributed by atoms with E-state index in [1.807, 2.05) is 0 Å². The largest absolute Gasteiger partial charge is 0.325 e. The highest BCUT2D eigenvalue weighted by Crippen LogP contribution is 2.21. The summed E-state index contributed by atoms with van der Waals surface area (Å²) in [5.41, 5.74) is 6.68. The summed E-state index contributed by atoms with van der Waals surface area (Å²) in [5.74, 6) is 0. The molecule has 0 spiro atoms. The third kappa shape index (κ3) is 28.2. The SMILES string of the molecule is CCCCCCCCCCCCCCCCC(C)(N)CCCCCCCCCCCCCCC. The van der Waals surface area contributed by atoms with Crippen molar-refractivity contribution in [2.24, 2.45) is 5.73 Å². The van der Waals surface area contributed by atoms with Crippen molar-refractivity contribution >= 4 is 0 Å². The van der Waals surface area contributed by atoms with Gasteiger partial charge in [-0.3, -0.25) is 0 Å². The lowest BCUT2D eigenvalue weighted by Gasteiger charge is -2.24. The highest BCUT2D eigenvalue weighted by molar-refractivity contribution is 4.78. The highest BCUT2D eigenvalue weighted by atomic mass is 14.7. The van der Waals surface area contributed by atoms with Gasteiger partial charge in [0.15, 0.2) is 0 Å². The van der Waals surface area contributed by atoms with Crippen molar-refractivity contribution in [3.05, 3.63) is 0 Å². The molecule has 1 unspecified atom stereocenters. The Bertz CT molecular complexity index is 362. The molecular formula is C33H69N. The van der Waals surface area contributed by atoms with Crippen molar-refractivity contribution in [2.75, 3.05) is 0 Å². The second kappa shape index (κ2) is 27.5. The van der Waals surface area contributed by atoms with Gasteiger partial charge in [0, 0.05) is 5.54 Å². The Morgan fingerprint density at radius 1 is 0.324 bits per heavy atom. The Balaban J connectivity index is 3.28. The summed E-state index contributed by atoms with van der Waals surface area (Å²) < 4.78 is 0. The second-order valence-electron chi connectivity index (χ2n) is 12.0. The molecule has 0 aromatic heterocycles. The number of hydrogen-bond acceptors (Lipinski definition) is 1. The summed E-state index contributed by atoms with van der Waals surface area (Å²) >= 11 is 0. The van der Waals surface area contributed by atoms with Gasteiger partial charge in [0.25, 0.3) is 0 Å². The van der Waals surface area contributed by atoms with Crippen molar-refractivity contribution in [2.45, 2.75) is 213 Å². The van der Waals surface area contributed by atoms with E-state index in [4.69, 9.17) is 5.73 Å². The maximum atomic E-state index is 6.60. The minimum Gasteiger partial charge on any atom is -0.325 e. The van der Waals surface area contributed by atoms with Gasteiger partial charge in [0.2, 0.25) is 0 Å². The number of unbranched alkanes of at least 4 members (excludes halogenated alkanes) is 25. The molecule has 0 saturated carbocycles. The molecule has 0 aliphatic carbocycles. The van der Waals surface area contributed by atoms with Gasteiger partial charge in [-0.1, -0.05) is 187 Å². The second-order valence-corrected chi connectivity index (χ2v) is 12.0. The van der Waals surface area contributed by atoms with Crippen LogP contribution >= 0.6 is 0 Å². The summed E-state index contributed by atoms with van der Waals surface area (Å²) in [6.07, 6.45) is 41.2. The van der Waals surface area contributed by atoms with E-state index in [9.17, 15) is 0 Å². The van der Waals surface area contributed by atoms with Gasteiger partial charge in [-0.25, -0.2) is 0 Å². The van der Waals surface area contributed by atoms with Gasteiger partial charge in [0.05, 0.1) is 0 Å². The normalized spacial score (nSPS) is 13.4. The molecule has 0 bridgehead atoms. The lowest BCUT2D eigenvalue weighted by molar-refractivity contribution is 0.363. The number of nitrogens with two attached hydrogens (primary N) is 1. The van der Waals surface area contributed by atoms with E-state index in [1.165, 1.54) is 186 Å². The predicted molar refractivity (Wildman–Crippen MR) is 158 cm³/mol. The Hall–Kier alpha value is -0.0400. The van der Waals surface area contributed by atoms with Gasteiger partial charge >= 0.3 is 0 Å². The molecule has 2 N–H and O–H groups in total. The van der Waals surface area contributed by atoms with Crippen LogP contribution in [0.5, 0.6) is 0 Å². The molecule has 0 aliphatic heterocycles. The first-order valence-corrected chi connectivity index (χ1v) is 16.4. The Labute approximate surface area is 218 Å². The maximum absolute atomic E-state index is 6.60. The zero-order valence-corrected chi connectivity index (χ0v) is 24.6. The monoisotopic (exact) mass is 480 g/mol. The van der Waals surface area contributed by atoms with E-state index >= 15 is 0 Å². The van der Waals surface area contributed by atoms with E-state index in [2.05, 4.69) is 20.8 Å². The zero-order valence-electron chi connectivity index (χ0n) is 24.6. The van der Waals surface area contributed by atoms with Crippen molar-refractivity contribution in [3.8, 4) is 0 Å². The fourth-order valence-corrected chi connectivity index (χ4v) is 5.39. The third-order valence-corrected chi connectivity index (χ3v) is 7.95. The smallest absolute Gasteiger partial charge is 0.0125 e. The number of rotatable bonds is 29. The minimum absolute atomic E-state index is 0.0783. The van der Waals surface area contributed by atoms with E-state index in [0.29, 0.717) is 0 Å². The number of hydrogen-bond donors (Lipinski definition) is 1. The van der Waals surface area contributed by atoms with Crippen LogP contribution in [0, 0.1) is 0 Å². The van der Waals surface area contributed by atoms with Crippen LogP contribution in [0.2, 0.25) is 0 Å². The van der Waals surface area contributed by atoms with Crippen molar-refractivity contribution < 1.29 is 0 Å². The van der Waals surface area contributed by atoms with Gasteiger partial charge in [0.1, 0.15) is 0 Å². The van der Waals surface area contributed by atoms with Gasteiger partial charge in [-0.15, -0.1) is 0 Å². The molecule has 1 nitrogen and oxygen atoms in total. The first-order chi connectivity index (χ1) is 16.6. The van der Waals surface area contributed by atoms with Gasteiger partial charge in [-0.05, 0) is 19.8 Å². The molecule has 1 heteroatoms. The van der Waals surface area contributed by atoms with Crippen LogP contribution in [0.25, 0.3) is 0 Å². The third-order valence-electron chi connectivity index (χ3n) is 7.95. The molecule has 1 atom stereocenters. The van der Waals surface area contributed by atoms with Crippen LogP contribution in [-0.4, -0.2) is 5.54 Å². The van der Waals surface area contributed by atoms with E-state index in [0.717, 1.165) is 0 Å². The lowest BCUT2D eigenvalue weighted by atomic mass is 9.89. The van der Waals surface area contributed by atoms with Crippen LogP contribution in [0.4, 0.5) is 0 Å². The summed E-state index contributed by atoms with van der Waals surface area (Å²) in [4.78, 5) is 0. The molecule has 34 heavy (non-hydrogen) atoms. The molecule has 0 amide bonds. The molecule has 0 aromatic carbocycles. The Kier molecular flexibility index (Phi) is 27.5. The average Bonchev–Trinajstić information content (AvgIpc) is 2.82. The molecule has 0 fully saturated rings. The lowest BCUT2D eigenvalue weighted by Crippen LogP contribution is -2.35. The average molecular weight is 480 g/mol. The highest BCUT2D eigenvalue weighted by Gasteiger charge is 2.16. The topological polar surface area (TPSA) is 26.0 Å². The summed E-state index contributed by atoms with van der Waals surface area (Å²) in [6, 6.07) is 0. The maximum Gasteiger partial charge on any atom is 0.0125 e. The van der Waals surface area contributed by atoms with Crippen LogP contribution in [0.3, 0.4) is 0 Å². The van der Waals surface area contributed by atoms with Crippen molar-refractivity contribution in [1.29, 1.82) is 0 Å².